The SMILES string of the molecule is C=CC(=C)N(C=C)c1ccc(Oc2ccc(C(F)(F)F)c(C#N)c2)cc1. The van der Waals surface area contributed by atoms with Crippen LogP contribution in [0.25, 0.3) is 0 Å². The van der Waals surface area contributed by atoms with Crippen molar-refractivity contribution >= 4 is 5.69 Å². The molecule has 132 valence electrons. The second kappa shape index (κ2) is 7.62. The van der Waals surface area contributed by atoms with E-state index >= 15 is 0 Å². The van der Waals surface area contributed by atoms with E-state index in [4.69, 9.17) is 10.00 Å². The molecule has 3 nitrogen and oxygen atoms in total. The van der Waals surface area contributed by atoms with Gasteiger partial charge in [0.1, 0.15) is 11.5 Å². The Morgan fingerprint density at radius 3 is 2.19 bits per heavy atom. The van der Waals surface area contributed by atoms with Gasteiger partial charge in [0.25, 0.3) is 0 Å². The van der Waals surface area contributed by atoms with Crippen molar-refractivity contribution in [2.45, 2.75) is 6.18 Å². The first-order valence-corrected chi connectivity index (χ1v) is 7.42. The molecule has 0 aliphatic rings. The Bertz CT molecular complexity index is 877. The lowest BCUT2D eigenvalue weighted by Gasteiger charge is -2.20. The van der Waals surface area contributed by atoms with Crippen LogP contribution < -0.4 is 9.64 Å². The van der Waals surface area contributed by atoms with Crippen molar-refractivity contribution in [1.29, 1.82) is 5.26 Å². The summed E-state index contributed by atoms with van der Waals surface area (Å²) >= 11 is 0. The van der Waals surface area contributed by atoms with Crippen LogP contribution >= 0.6 is 0 Å². The Kier molecular flexibility index (Phi) is 5.53. The van der Waals surface area contributed by atoms with Crippen LogP contribution in [0.5, 0.6) is 11.5 Å². The average Bonchev–Trinajstić information content (AvgIpc) is 2.62. The Hall–Kier alpha value is -3.46. The topological polar surface area (TPSA) is 36.3 Å². The van der Waals surface area contributed by atoms with E-state index in [1.165, 1.54) is 6.07 Å². The number of anilines is 1. The van der Waals surface area contributed by atoms with Gasteiger partial charge in [-0.1, -0.05) is 19.7 Å². The number of hydrogen-bond acceptors (Lipinski definition) is 3. The Morgan fingerprint density at radius 2 is 1.69 bits per heavy atom. The molecule has 0 heterocycles. The lowest BCUT2D eigenvalue weighted by atomic mass is 10.1. The van der Waals surface area contributed by atoms with Gasteiger partial charge in [-0.2, -0.15) is 18.4 Å². The third kappa shape index (κ3) is 4.14. The molecule has 0 N–H and O–H groups in total. The molecule has 2 aromatic carbocycles. The third-order valence-electron chi connectivity index (χ3n) is 3.50. The first kappa shape index (κ1) is 18.9. The Balaban J connectivity index is 2.24. The molecule has 0 aliphatic carbocycles. The number of halogens is 3. The predicted molar refractivity (Wildman–Crippen MR) is 94.7 cm³/mol. The molecule has 0 atom stereocenters. The van der Waals surface area contributed by atoms with Gasteiger partial charge in [-0.3, -0.25) is 0 Å². The molecule has 2 rings (SSSR count). The fourth-order valence-electron chi connectivity index (χ4n) is 2.22. The van der Waals surface area contributed by atoms with Crippen LogP contribution in [0.2, 0.25) is 0 Å². The van der Waals surface area contributed by atoms with Gasteiger partial charge in [0, 0.05) is 17.6 Å². The fourth-order valence-corrected chi connectivity index (χ4v) is 2.22. The van der Waals surface area contributed by atoms with E-state index in [1.807, 2.05) is 0 Å². The number of rotatable bonds is 6. The molecule has 0 spiro atoms. The van der Waals surface area contributed by atoms with Gasteiger partial charge in [-0.25, -0.2) is 0 Å². The fraction of sp³-hybridized carbons (Fsp3) is 0.0500. The maximum absolute atomic E-state index is 12.8. The van der Waals surface area contributed by atoms with Crippen LogP contribution in [0.4, 0.5) is 18.9 Å². The van der Waals surface area contributed by atoms with Gasteiger partial charge in [-0.05, 0) is 48.5 Å². The highest BCUT2D eigenvalue weighted by Crippen LogP contribution is 2.34. The van der Waals surface area contributed by atoms with Gasteiger partial charge < -0.3 is 9.64 Å². The summed E-state index contributed by atoms with van der Waals surface area (Å²) in [6, 6.07) is 11.4. The zero-order chi connectivity index (χ0) is 19.3. The molecular formula is C20H15F3N2O. The minimum absolute atomic E-state index is 0.137. The van der Waals surface area contributed by atoms with Crippen molar-refractivity contribution in [2.75, 3.05) is 4.90 Å². The summed E-state index contributed by atoms with van der Waals surface area (Å²) in [4.78, 5) is 1.71. The van der Waals surface area contributed by atoms with Crippen molar-refractivity contribution in [3.8, 4) is 17.6 Å². The molecule has 0 aliphatic heterocycles. The molecule has 0 bridgehead atoms. The highest BCUT2D eigenvalue weighted by molar-refractivity contribution is 5.58. The maximum atomic E-state index is 12.8. The van der Waals surface area contributed by atoms with E-state index in [2.05, 4.69) is 19.7 Å². The molecule has 0 unspecified atom stereocenters. The van der Waals surface area contributed by atoms with Gasteiger partial charge in [0.05, 0.1) is 17.2 Å². The second-order valence-electron chi connectivity index (χ2n) is 5.16. The molecule has 0 saturated carbocycles. The van der Waals surface area contributed by atoms with Crippen LogP contribution in [0.3, 0.4) is 0 Å². The first-order valence-electron chi connectivity index (χ1n) is 7.42. The van der Waals surface area contributed by atoms with Crippen molar-refractivity contribution in [3.05, 3.63) is 91.3 Å². The number of alkyl halides is 3. The highest BCUT2D eigenvalue weighted by atomic mass is 19.4. The van der Waals surface area contributed by atoms with Crippen LogP contribution in [-0.4, -0.2) is 0 Å². The van der Waals surface area contributed by atoms with Crippen molar-refractivity contribution in [2.24, 2.45) is 0 Å². The van der Waals surface area contributed by atoms with Gasteiger partial charge in [0.15, 0.2) is 0 Å². The first-order chi connectivity index (χ1) is 12.3. The third-order valence-corrected chi connectivity index (χ3v) is 3.50. The highest BCUT2D eigenvalue weighted by Gasteiger charge is 2.33. The summed E-state index contributed by atoms with van der Waals surface area (Å²) in [6.45, 7) is 11.2. The number of nitriles is 1. The van der Waals surface area contributed by atoms with Crippen LogP contribution in [0, 0.1) is 11.3 Å². The van der Waals surface area contributed by atoms with E-state index < -0.39 is 17.3 Å². The summed E-state index contributed by atoms with van der Waals surface area (Å²) in [6.07, 6.45) is -1.43. The summed E-state index contributed by atoms with van der Waals surface area (Å²) < 4.78 is 44.0. The van der Waals surface area contributed by atoms with Crippen molar-refractivity contribution in [3.63, 3.8) is 0 Å². The molecule has 0 aromatic heterocycles. The number of benzene rings is 2. The average molecular weight is 356 g/mol. The largest absolute Gasteiger partial charge is 0.457 e. The monoisotopic (exact) mass is 356 g/mol. The van der Waals surface area contributed by atoms with Gasteiger partial charge in [-0.15, -0.1) is 0 Å². The summed E-state index contributed by atoms with van der Waals surface area (Å²) in [5.74, 6) is 0.545. The van der Waals surface area contributed by atoms with Crippen LogP contribution in [0.1, 0.15) is 11.1 Å². The van der Waals surface area contributed by atoms with Gasteiger partial charge in [0.2, 0.25) is 0 Å². The molecule has 26 heavy (non-hydrogen) atoms. The minimum atomic E-state index is -4.59. The van der Waals surface area contributed by atoms with E-state index in [9.17, 15) is 13.2 Å². The number of ether oxygens (including phenoxy) is 1. The minimum Gasteiger partial charge on any atom is -0.457 e. The van der Waals surface area contributed by atoms with E-state index in [0.29, 0.717) is 11.4 Å². The Morgan fingerprint density at radius 1 is 1.08 bits per heavy atom. The number of hydrogen-bond donors (Lipinski definition) is 0. The van der Waals surface area contributed by atoms with Crippen molar-refractivity contribution in [1.82, 2.24) is 0 Å². The molecule has 0 amide bonds. The standard InChI is InChI=1S/C20H15F3N2O/c1-4-14(3)25(5-2)16-6-8-17(9-7-16)26-18-10-11-19(20(21,22)23)15(12-18)13-24/h4-12H,1-3H2. The summed E-state index contributed by atoms with van der Waals surface area (Å²) in [5, 5.41) is 8.94. The lowest BCUT2D eigenvalue weighted by Crippen LogP contribution is -2.11. The Labute approximate surface area is 149 Å². The van der Waals surface area contributed by atoms with E-state index in [0.717, 1.165) is 17.8 Å². The van der Waals surface area contributed by atoms with E-state index in [-0.39, 0.29) is 5.75 Å². The zero-order valence-corrected chi connectivity index (χ0v) is 13.8. The predicted octanol–water partition coefficient (Wildman–Crippen LogP) is 6.02. The lowest BCUT2D eigenvalue weighted by molar-refractivity contribution is -0.137. The van der Waals surface area contributed by atoms with E-state index in [1.54, 1.807) is 47.5 Å². The van der Waals surface area contributed by atoms with Crippen LogP contribution in [0.15, 0.2) is 80.2 Å². The quantitative estimate of drug-likeness (QED) is 0.594. The zero-order valence-electron chi connectivity index (χ0n) is 13.8. The number of nitrogens with zero attached hydrogens (tertiary/aromatic N) is 2. The maximum Gasteiger partial charge on any atom is 0.417 e. The molecule has 0 radical (unpaired) electrons. The normalized spacial score (nSPS) is 10.5. The second-order valence-corrected chi connectivity index (χ2v) is 5.16. The smallest absolute Gasteiger partial charge is 0.417 e. The molecule has 2 aromatic rings. The summed E-state index contributed by atoms with van der Waals surface area (Å²) in [5.41, 5.74) is -0.0866. The summed E-state index contributed by atoms with van der Waals surface area (Å²) in [7, 11) is 0. The van der Waals surface area contributed by atoms with Gasteiger partial charge >= 0.3 is 6.18 Å². The van der Waals surface area contributed by atoms with Crippen molar-refractivity contribution < 1.29 is 17.9 Å². The molecular weight excluding hydrogens is 341 g/mol. The molecule has 0 saturated heterocycles. The molecule has 0 fully saturated rings. The molecule has 6 heteroatoms. The number of allylic oxidation sites excluding steroid dienone is 1. The van der Waals surface area contributed by atoms with Crippen LogP contribution in [-0.2, 0) is 6.18 Å².